The Hall–Kier alpha value is -3.23. The predicted octanol–water partition coefficient (Wildman–Crippen LogP) is 5.64. The third kappa shape index (κ3) is 4.24. The normalized spacial score (nSPS) is 15.0. The van der Waals surface area contributed by atoms with Gasteiger partial charge in [0.15, 0.2) is 0 Å². The van der Waals surface area contributed by atoms with E-state index in [1.165, 1.54) is 27.9 Å². The van der Waals surface area contributed by atoms with Crippen LogP contribution in [0.15, 0.2) is 84.1 Å². The van der Waals surface area contributed by atoms with Crippen molar-refractivity contribution < 1.29 is 0 Å². The first kappa shape index (κ1) is 20.7. The second-order valence-electron chi connectivity index (χ2n) is 8.15. The number of anilines is 1. The molecule has 1 aliphatic heterocycles. The molecule has 0 aliphatic carbocycles. The fourth-order valence-electron chi connectivity index (χ4n) is 4.02. The van der Waals surface area contributed by atoms with Crippen molar-refractivity contribution in [3.8, 4) is 22.4 Å². The van der Waals surface area contributed by atoms with Gasteiger partial charge in [-0.05, 0) is 6.92 Å². The van der Waals surface area contributed by atoms with Gasteiger partial charge in [0, 0.05) is 0 Å². The number of pyridine rings is 2. The molecule has 4 aromatic rings. The van der Waals surface area contributed by atoms with Crippen LogP contribution in [0.3, 0.4) is 0 Å². The summed E-state index contributed by atoms with van der Waals surface area (Å²) >= 11 is 2.66. The molecule has 1 atom stereocenters. The van der Waals surface area contributed by atoms with Gasteiger partial charge in [0.1, 0.15) is 0 Å². The van der Waals surface area contributed by atoms with E-state index in [4.69, 9.17) is 4.98 Å². The molecule has 0 saturated carbocycles. The van der Waals surface area contributed by atoms with Crippen molar-refractivity contribution in [2.45, 2.75) is 25.2 Å². The van der Waals surface area contributed by atoms with E-state index in [1.807, 2.05) is 31.7 Å². The average molecular weight is 478 g/mol. The number of aryl methyl sites for hydroxylation is 2. The fourth-order valence-corrected chi connectivity index (χ4v) is 4.60. The van der Waals surface area contributed by atoms with Gasteiger partial charge in [0.05, 0.1) is 0 Å². The molecule has 156 valence electrons. The van der Waals surface area contributed by atoms with Gasteiger partial charge in [-0.15, -0.1) is 0 Å². The molecule has 0 saturated heterocycles. The van der Waals surface area contributed by atoms with E-state index in [-0.39, 0.29) is 4.83 Å². The van der Waals surface area contributed by atoms with Crippen LogP contribution in [0.4, 0.5) is 5.69 Å². The van der Waals surface area contributed by atoms with Crippen LogP contribution in [0.2, 0.25) is 0 Å². The van der Waals surface area contributed by atoms with Crippen LogP contribution < -0.4 is 4.90 Å². The summed E-state index contributed by atoms with van der Waals surface area (Å²) in [5.74, 6) is 0. The Morgan fingerprint density at radius 2 is 1.75 bits per heavy atom. The number of hydrogen-bond donors (Lipinski definition) is 0. The zero-order valence-corrected chi connectivity index (χ0v) is 20.0. The standard InChI is InChI=1S/C27H23AsN4/c1-18-4-3-5-21(12-18)22-7-8-24-26(14-22)32(17-31-27(24)28)16-20-6-9-25(30-15-20)23-10-11-29-19(2)13-23/h3-15,17,27H,16H2,1-2H3. The summed E-state index contributed by atoms with van der Waals surface area (Å²) in [5.41, 5.74) is 10.3. The molecule has 2 radical (unpaired) electrons. The first-order valence-corrected chi connectivity index (χ1v) is 11.7. The summed E-state index contributed by atoms with van der Waals surface area (Å²) < 4.78 is 0. The van der Waals surface area contributed by atoms with E-state index >= 15 is 0 Å². The van der Waals surface area contributed by atoms with Crippen LogP contribution in [-0.4, -0.2) is 33.2 Å². The van der Waals surface area contributed by atoms with Crippen LogP contribution in [0.25, 0.3) is 22.4 Å². The van der Waals surface area contributed by atoms with Crippen LogP contribution in [0.1, 0.15) is 27.2 Å². The van der Waals surface area contributed by atoms with Crippen molar-refractivity contribution in [3.05, 3.63) is 102 Å². The van der Waals surface area contributed by atoms with Gasteiger partial charge in [-0.1, -0.05) is 0 Å². The third-order valence-electron chi connectivity index (χ3n) is 5.69. The van der Waals surface area contributed by atoms with Crippen molar-refractivity contribution in [2.75, 3.05) is 4.90 Å². The predicted molar refractivity (Wildman–Crippen MR) is 132 cm³/mol. The quantitative estimate of drug-likeness (QED) is 0.357. The monoisotopic (exact) mass is 478 g/mol. The Balaban J connectivity index is 1.44. The zero-order valence-electron chi connectivity index (χ0n) is 18.1. The second-order valence-corrected chi connectivity index (χ2v) is 9.17. The molecule has 32 heavy (non-hydrogen) atoms. The Morgan fingerprint density at radius 3 is 2.53 bits per heavy atom. The molecule has 1 unspecified atom stereocenters. The topological polar surface area (TPSA) is 41.4 Å². The van der Waals surface area contributed by atoms with E-state index in [0.717, 1.165) is 29.1 Å². The van der Waals surface area contributed by atoms with Gasteiger partial charge in [-0.2, -0.15) is 0 Å². The van der Waals surface area contributed by atoms with Crippen LogP contribution in [0.5, 0.6) is 0 Å². The third-order valence-corrected chi connectivity index (χ3v) is 6.55. The molecule has 5 heteroatoms. The number of aliphatic imine (C=N–C) groups is 1. The second kappa shape index (κ2) is 8.72. The van der Waals surface area contributed by atoms with E-state index in [0.29, 0.717) is 0 Å². The number of aromatic nitrogens is 2. The summed E-state index contributed by atoms with van der Waals surface area (Å²) in [4.78, 5) is 16.0. The molecule has 0 fully saturated rings. The van der Waals surface area contributed by atoms with E-state index in [1.54, 1.807) is 0 Å². The zero-order chi connectivity index (χ0) is 22.1. The maximum absolute atomic E-state index is 4.70. The van der Waals surface area contributed by atoms with Gasteiger partial charge in [0.2, 0.25) is 0 Å². The molecule has 5 rings (SSSR count). The molecule has 0 amide bonds. The first-order chi connectivity index (χ1) is 15.6. The Labute approximate surface area is 197 Å². The van der Waals surface area contributed by atoms with Crippen molar-refractivity contribution >= 4 is 28.9 Å². The number of hydrogen-bond acceptors (Lipinski definition) is 4. The summed E-state index contributed by atoms with van der Waals surface area (Å²) in [5, 5.41) is 0. The van der Waals surface area contributed by atoms with Crippen molar-refractivity contribution in [1.29, 1.82) is 0 Å². The summed E-state index contributed by atoms with van der Waals surface area (Å²) in [6.07, 6.45) is 5.73. The van der Waals surface area contributed by atoms with Gasteiger partial charge in [-0.3, -0.25) is 4.98 Å². The fraction of sp³-hybridized carbons (Fsp3) is 0.148. The van der Waals surface area contributed by atoms with Crippen molar-refractivity contribution in [1.82, 2.24) is 9.97 Å². The SMILES string of the molecule is Cc1cccc(-c2ccc3c(c2)N(Cc2ccc(-c4ccnc(C)c4)nc2)C=NC3[As])c1. The number of fused-ring (bicyclic) bond motifs is 1. The number of nitrogens with zero attached hydrogens (tertiary/aromatic N) is 4. The molecule has 0 bridgehead atoms. The molecule has 0 spiro atoms. The molecular formula is C27H23AsN4. The summed E-state index contributed by atoms with van der Waals surface area (Å²) in [6, 6.07) is 23.6. The minimum absolute atomic E-state index is 0.0933. The minimum atomic E-state index is 0.0933. The molecular weight excluding hydrogens is 455 g/mol. The van der Waals surface area contributed by atoms with Gasteiger partial charge in [-0.25, -0.2) is 0 Å². The molecule has 4 nitrogen and oxygen atoms in total. The van der Waals surface area contributed by atoms with E-state index in [9.17, 15) is 0 Å². The van der Waals surface area contributed by atoms with Gasteiger partial charge < -0.3 is 0 Å². The van der Waals surface area contributed by atoms with Crippen LogP contribution in [-0.2, 0) is 6.54 Å². The Kier molecular flexibility index (Phi) is 5.63. The molecule has 3 heterocycles. The first-order valence-electron chi connectivity index (χ1n) is 10.6. The number of benzene rings is 2. The van der Waals surface area contributed by atoms with Gasteiger partial charge in [0.25, 0.3) is 0 Å². The molecule has 0 N–H and O–H groups in total. The molecule has 2 aromatic carbocycles. The van der Waals surface area contributed by atoms with Crippen LogP contribution >= 0.6 is 0 Å². The van der Waals surface area contributed by atoms with E-state index < -0.39 is 0 Å². The summed E-state index contributed by atoms with van der Waals surface area (Å²) in [6.45, 7) is 4.84. The van der Waals surface area contributed by atoms with Crippen molar-refractivity contribution in [3.63, 3.8) is 0 Å². The Bertz CT molecular complexity index is 1300. The molecule has 1 aliphatic rings. The maximum atomic E-state index is 4.70. The van der Waals surface area contributed by atoms with E-state index in [2.05, 4.69) is 99.3 Å². The van der Waals surface area contributed by atoms with Crippen molar-refractivity contribution in [2.24, 2.45) is 4.99 Å². The Morgan fingerprint density at radius 1 is 0.875 bits per heavy atom. The average Bonchev–Trinajstić information content (AvgIpc) is 2.81. The van der Waals surface area contributed by atoms with Crippen LogP contribution in [0, 0.1) is 13.8 Å². The summed E-state index contributed by atoms with van der Waals surface area (Å²) in [7, 11) is 0. The van der Waals surface area contributed by atoms with Gasteiger partial charge >= 0.3 is 186 Å². The molecule has 2 aromatic heterocycles. The number of rotatable bonds is 4.